The van der Waals surface area contributed by atoms with Crippen LogP contribution in [0.4, 0.5) is 0 Å². The van der Waals surface area contributed by atoms with E-state index in [-0.39, 0.29) is 23.6 Å². The van der Waals surface area contributed by atoms with Gasteiger partial charge in [0.25, 0.3) is 0 Å². The molecule has 0 radical (unpaired) electrons. The minimum absolute atomic E-state index is 0.0127. The largest absolute Gasteiger partial charge is 0.340 e. The molecule has 2 aliphatic heterocycles. The molecule has 25 heavy (non-hydrogen) atoms. The van der Waals surface area contributed by atoms with Gasteiger partial charge in [0, 0.05) is 38.6 Å². The van der Waals surface area contributed by atoms with Gasteiger partial charge in [-0.15, -0.1) is 0 Å². The highest BCUT2D eigenvalue weighted by atomic mass is 32.2. The van der Waals surface area contributed by atoms with E-state index >= 15 is 0 Å². The Morgan fingerprint density at radius 3 is 2.32 bits per heavy atom. The maximum Gasteiger partial charge on any atom is 0.223 e. The van der Waals surface area contributed by atoms with Gasteiger partial charge in [-0.1, -0.05) is 35.5 Å². The fourth-order valence-corrected chi connectivity index (χ4v) is 5.94. The van der Waals surface area contributed by atoms with Crippen LogP contribution in [0, 0.1) is 6.92 Å². The monoisotopic (exact) mass is 362 g/mol. The first-order valence-electron chi connectivity index (χ1n) is 8.52. The molecule has 134 valence electrons. The van der Waals surface area contributed by atoms with E-state index < -0.39 is 9.84 Å². The molecule has 1 aromatic carbocycles. The van der Waals surface area contributed by atoms with E-state index in [9.17, 15) is 8.42 Å². The van der Waals surface area contributed by atoms with Gasteiger partial charge in [-0.25, -0.2) is 8.42 Å². The van der Waals surface area contributed by atoms with Gasteiger partial charge < -0.3 is 4.52 Å². The molecule has 2 fully saturated rings. The molecule has 7 nitrogen and oxygen atoms in total. The van der Waals surface area contributed by atoms with Crippen LogP contribution in [0.1, 0.15) is 17.3 Å². The lowest BCUT2D eigenvalue weighted by atomic mass is 10.0. The Morgan fingerprint density at radius 1 is 1.08 bits per heavy atom. The predicted octanol–water partition coefficient (Wildman–Crippen LogP) is 0.861. The average molecular weight is 362 g/mol. The zero-order chi connectivity index (χ0) is 17.4. The summed E-state index contributed by atoms with van der Waals surface area (Å²) in [6.07, 6.45) is 0. The highest BCUT2D eigenvalue weighted by molar-refractivity contribution is 7.91. The number of sulfone groups is 1. The van der Waals surface area contributed by atoms with Crippen LogP contribution in [0.25, 0.3) is 0 Å². The topological polar surface area (TPSA) is 79.5 Å². The lowest BCUT2D eigenvalue weighted by Crippen LogP contribution is -2.58. The normalized spacial score (nSPS) is 26.6. The number of aryl methyl sites for hydroxylation is 1. The molecule has 2 aromatic rings. The van der Waals surface area contributed by atoms with E-state index in [1.165, 1.54) is 5.56 Å². The SMILES string of the molecule is Cc1nc(CN2CCN(Cc3ccccc3)C3CS(=O)(=O)CC32)no1. The third-order valence-corrected chi connectivity index (χ3v) is 6.75. The number of rotatable bonds is 4. The van der Waals surface area contributed by atoms with E-state index in [4.69, 9.17) is 4.52 Å². The zero-order valence-electron chi connectivity index (χ0n) is 14.2. The molecule has 2 saturated heterocycles. The Balaban J connectivity index is 1.53. The van der Waals surface area contributed by atoms with Gasteiger partial charge in [0.15, 0.2) is 15.7 Å². The number of benzene rings is 1. The van der Waals surface area contributed by atoms with Gasteiger partial charge in [-0.2, -0.15) is 4.98 Å². The summed E-state index contributed by atoms with van der Waals surface area (Å²) in [5, 5.41) is 3.96. The molecule has 0 bridgehead atoms. The molecule has 1 aromatic heterocycles. The Bertz CT molecular complexity index is 837. The Morgan fingerprint density at radius 2 is 1.72 bits per heavy atom. The maximum atomic E-state index is 12.3. The van der Waals surface area contributed by atoms with Crippen molar-refractivity contribution in [1.82, 2.24) is 19.9 Å². The minimum atomic E-state index is -3.02. The molecule has 2 unspecified atom stereocenters. The van der Waals surface area contributed by atoms with Gasteiger partial charge in [-0.3, -0.25) is 9.80 Å². The first-order valence-corrected chi connectivity index (χ1v) is 10.3. The molecule has 0 N–H and O–H groups in total. The third-order valence-electron chi connectivity index (χ3n) is 5.05. The van der Waals surface area contributed by atoms with Crippen LogP contribution in [-0.2, 0) is 22.9 Å². The number of hydrogen-bond donors (Lipinski definition) is 0. The molecule has 0 spiro atoms. The third kappa shape index (κ3) is 3.61. The summed E-state index contributed by atoms with van der Waals surface area (Å²) in [6, 6.07) is 10.2. The van der Waals surface area contributed by atoms with E-state index in [0.717, 1.165) is 19.6 Å². The van der Waals surface area contributed by atoms with Crippen molar-refractivity contribution in [3.8, 4) is 0 Å². The molecule has 0 aliphatic carbocycles. The van der Waals surface area contributed by atoms with Crippen LogP contribution in [0.3, 0.4) is 0 Å². The number of nitrogens with zero attached hydrogens (tertiary/aromatic N) is 4. The fraction of sp³-hybridized carbons (Fsp3) is 0.529. The smallest absolute Gasteiger partial charge is 0.223 e. The Kier molecular flexibility index (Phi) is 4.35. The van der Waals surface area contributed by atoms with E-state index in [0.29, 0.717) is 18.3 Å². The van der Waals surface area contributed by atoms with Crippen molar-refractivity contribution in [2.45, 2.75) is 32.1 Å². The van der Waals surface area contributed by atoms with Crippen LogP contribution >= 0.6 is 0 Å². The van der Waals surface area contributed by atoms with Crippen LogP contribution < -0.4 is 0 Å². The van der Waals surface area contributed by atoms with E-state index in [1.807, 2.05) is 18.2 Å². The summed E-state index contributed by atoms with van der Waals surface area (Å²) in [4.78, 5) is 8.76. The second-order valence-corrected chi connectivity index (χ2v) is 9.02. The van der Waals surface area contributed by atoms with Gasteiger partial charge >= 0.3 is 0 Å². The summed E-state index contributed by atoms with van der Waals surface area (Å²) >= 11 is 0. The summed E-state index contributed by atoms with van der Waals surface area (Å²) in [7, 11) is -3.02. The summed E-state index contributed by atoms with van der Waals surface area (Å²) in [5.74, 6) is 1.59. The standard InChI is InChI=1S/C17H22N4O3S/c1-13-18-17(19-24-13)10-21-8-7-20(9-14-5-3-2-4-6-14)15-11-25(22,23)12-16(15)21/h2-6,15-16H,7-12H2,1H3. The van der Waals surface area contributed by atoms with Crippen molar-refractivity contribution >= 4 is 9.84 Å². The quantitative estimate of drug-likeness (QED) is 0.798. The highest BCUT2D eigenvalue weighted by Crippen LogP contribution is 2.29. The van der Waals surface area contributed by atoms with Crippen molar-refractivity contribution in [2.75, 3.05) is 24.6 Å². The number of fused-ring (bicyclic) bond motifs is 1. The lowest BCUT2D eigenvalue weighted by molar-refractivity contribution is 0.0336. The van der Waals surface area contributed by atoms with E-state index in [2.05, 4.69) is 32.1 Å². The van der Waals surface area contributed by atoms with Crippen molar-refractivity contribution in [3.05, 3.63) is 47.6 Å². The minimum Gasteiger partial charge on any atom is -0.340 e. The van der Waals surface area contributed by atoms with Crippen molar-refractivity contribution < 1.29 is 12.9 Å². The number of aromatic nitrogens is 2. The molecule has 8 heteroatoms. The second-order valence-electron chi connectivity index (χ2n) is 6.87. The van der Waals surface area contributed by atoms with Crippen molar-refractivity contribution in [3.63, 3.8) is 0 Å². The predicted molar refractivity (Wildman–Crippen MR) is 92.5 cm³/mol. The number of hydrogen-bond acceptors (Lipinski definition) is 7. The second kappa shape index (κ2) is 6.51. The number of piperazine rings is 1. The molecular weight excluding hydrogens is 340 g/mol. The Labute approximate surface area is 147 Å². The molecule has 3 heterocycles. The van der Waals surface area contributed by atoms with Crippen molar-refractivity contribution in [2.24, 2.45) is 0 Å². The van der Waals surface area contributed by atoms with Gasteiger partial charge in [0.05, 0.1) is 18.1 Å². The fourth-order valence-electron chi connectivity index (χ4n) is 3.89. The van der Waals surface area contributed by atoms with Crippen LogP contribution in [-0.4, -0.2) is 65.0 Å². The van der Waals surface area contributed by atoms with Gasteiger partial charge in [0.2, 0.25) is 5.89 Å². The maximum absolute atomic E-state index is 12.3. The van der Waals surface area contributed by atoms with Crippen LogP contribution in [0.15, 0.2) is 34.9 Å². The van der Waals surface area contributed by atoms with Crippen LogP contribution in [0.5, 0.6) is 0 Å². The first kappa shape index (κ1) is 16.7. The summed E-state index contributed by atoms with van der Waals surface area (Å²) < 4.78 is 29.6. The van der Waals surface area contributed by atoms with Gasteiger partial charge in [-0.05, 0) is 5.56 Å². The molecular formula is C17H22N4O3S. The Hall–Kier alpha value is -1.77. The first-order chi connectivity index (χ1) is 12.0. The zero-order valence-corrected chi connectivity index (χ0v) is 15.0. The molecule has 0 saturated carbocycles. The summed E-state index contributed by atoms with van der Waals surface area (Å²) in [5.41, 5.74) is 1.22. The molecule has 4 rings (SSSR count). The van der Waals surface area contributed by atoms with Crippen molar-refractivity contribution in [1.29, 1.82) is 0 Å². The molecule has 2 atom stereocenters. The highest BCUT2D eigenvalue weighted by Gasteiger charge is 2.46. The average Bonchev–Trinajstić information content (AvgIpc) is 3.13. The lowest BCUT2D eigenvalue weighted by Gasteiger charge is -2.43. The molecule has 2 aliphatic rings. The van der Waals surface area contributed by atoms with Crippen LogP contribution in [0.2, 0.25) is 0 Å². The summed E-state index contributed by atoms with van der Waals surface area (Å²) in [6.45, 7) is 4.72. The molecule has 0 amide bonds. The van der Waals surface area contributed by atoms with Gasteiger partial charge in [0.1, 0.15) is 0 Å². The van der Waals surface area contributed by atoms with E-state index in [1.54, 1.807) is 6.92 Å².